The van der Waals surface area contributed by atoms with Crippen LogP contribution in [0.5, 0.6) is 28.7 Å². The maximum absolute atomic E-state index is 10.2. The van der Waals surface area contributed by atoms with E-state index in [9.17, 15) is 5.11 Å². The van der Waals surface area contributed by atoms with Crippen LogP contribution >= 0.6 is 15.9 Å². The van der Waals surface area contributed by atoms with E-state index < -0.39 is 0 Å². The summed E-state index contributed by atoms with van der Waals surface area (Å²) in [5, 5.41) is 24.5. The van der Waals surface area contributed by atoms with Gasteiger partial charge in [-0.15, -0.1) is 35.2 Å². The molecule has 27 rings (SSSR count). The fourth-order valence-electron chi connectivity index (χ4n) is 21.9. The van der Waals surface area contributed by atoms with Crippen molar-refractivity contribution < 1.29 is 35.6 Å². The molecule has 688 valence electrons. The summed E-state index contributed by atoms with van der Waals surface area (Å²) in [7, 11) is 0. The Morgan fingerprint density at radius 3 is 1.25 bits per heavy atom. The summed E-state index contributed by atoms with van der Waals surface area (Å²) >= 11 is 3.57. The number of hydrogen-bond donors (Lipinski definition) is 1. The van der Waals surface area contributed by atoms with Crippen molar-refractivity contribution in [1.82, 2.24) is 57.3 Å². The maximum Gasteiger partial charge on any atom is 2.00 e. The zero-order chi connectivity index (χ0) is 95.4. The Kier molecular flexibility index (Phi) is 20.8. The second-order valence-corrected chi connectivity index (χ2v) is 42.7. The quantitative estimate of drug-likeness (QED) is 0.154. The first-order valence-corrected chi connectivity index (χ1v) is 48.4. The molecule has 140 heavy (non-hydrogen) atoms. The minimum absolute atomic E-state index is 0. The van der Waals surface area contributed by atoms with Gasteiger partial charge in [-0.2, -0.15) is 12.1 Å². The average Bonchev–Trinajstić information content (AvgIpc) is 1.52. The molecule has 0 saturated carbocycles. The molecule has 0 fully saturated rings. The monoisotopic (exact) mass is 2070 g/mol. The number of aromatic nitrogens is 12. The van der Waals surface area contributed by atoms with Crippen LogP contribution < -0.4 is 9.47 Å². The third kappa shape index (κ3) is 14.2. The number of pyridine rings is 6. The summed E-state index contributed by atoms with van der Waals surface area (Å²) in [4.78, 5) is 28.1. The molecule has 12 aromatic carbocycles. The van der Waals surface area contributed by atoms with Crippen molar-refractivity contribution in [1.29, 1.82) is 0 Å². The fourth-order valence-corrected chi connectivity index (χ4v) is 22.2. The van der Waals surface area contributed by atoms with Crippen LogP contribution in [-0.4, -0.2) is 62.4 Å². The van der Waals surface area contributed by atoms with Gasteiger partial charge in [0.1, 0.15) is 45.8 Å². The van der Waals surface area contributed by atoms with E-state index in [0.717, 1.165) is 111 Å². The molecule has 1 N–H and O–H groups in total. The number of aromatic hydroxyl groups is 1. The van der Waals surface area contributed by atoms with Crippen molar-refractivity contribution in [3.8, 4) is 63.1 Å². The normalized spacial score (nSPS) is 13.7. The third-order valence-electron chi connectivity index (χ3n) is 29.0. The smallest absolute Gasteiger partial charge is 0.509 e. The van der Waals surface area contributed by atoms with Gasteiger partial charge in [-0.25, -0.2) is 24.9 Å². The van der Waals surface area contributed by atoms with Gasteiger partial charge in [-0.1, -0.05) is 234 Å². The number of benzene rings is 12. The molecule has 15 heterocycles. The van der Waals surface area contributed by atoms with Crippen LogP contribution in [0.2, 0.25) is 0 Å². The van der Waals surface area contributed by atoms with Gasteiger partial charge in [0.05, 0.1) is 61.9 Å². The largest absolute Gasteiger partial charge is 2.00 e. The summed E-state index contributed by atoms with van der Waals surface area (Å²) in [6.45, 7) is 34.4. The molecule has 3 aliphatic heterocycles. The molecular weight excluding hydrogens is 1970 g/mol. The SMILES string of the molecule is Brc1ccc2c3ccccc3n(-c3cccnc3)c2c1.CC(C)(C)c1cc2c3c(c1)c1cccnc1n3-c1[c-]c(Oc3[c-]c4c(cc3)c3ccccc3n4-c3ccccn3)ccc1C2(C)C.CC(C)(C)c1cc2c3c(c1)c1cccnc1n3-c1cc(O)ccc1C2(C)C.CC(C)(C)c1cc2c3c(c1)c1cccnc1n3-c1cc(Oc3ccc4c5ccccc5n(-c5ccccn5)c4c3)ccc1C2(C)C.[Pt+2]. The molecule has 0 saturated heterocycles. The number of para-hydroxylation sites is 3. The van der Waals surface area contributed by atoms with E-state index in [0.29, 0.717) is 11.5 Å². The van der Waals surface area contributed by atoms with Gasteiger partial charge in [0.2, 0.25) is 0 Å². The minimum atomic E-state index is -0.247. The van der Waals surface area contributed by atoms with Crippen molar-refractivity contribution >= 4 is 147 Å². The number of phenolic OH excluding ortho intramolecular Hbond substituents is 1. The third-order valence-corrected chi connectivity index (χ3v) is 29.5. The number of phenols is 1. The molecule has 0 unspecified atom stereocenters. The number of halogens is 1. The van der Waals surface area contributed by atoms with E-state index in [2.05, 4.69) is 381 Å². The molecule has 0 bridgehead atoms. The molecular formula is C123H101BrN12O3Pt. The zero-order valence-electron chi connectivity index (χ0n) is 80.6. The number of nitrogens with zero attached hydrogens (tertiary/aromatic N) is 12. The molecule has 15 nitrogen and oxygen atoms in total. The fraction of sp³-hybridized carbons (Fsp3) is 0.171. The molecule has 0 aliphatic carbocycles. The Morgan fingerprint density at radius 1 is 0.307 bits per heavy atom. The first-order valence-electron chi connectivity index (χ1n) is 47.6. The van der Waals surface area contributed by atoms with Crippen LogP contribution in [0.3, 0.4) is 0 Å². The Labute approximate surface area is 834 Å². The van der Waals surface area contributed by atoms with Crippen molar-refractivity contribution in [3.63, 3.8) is 0 Å². The predicted octanol–water partition coefficient (Wildman–Crippen LogP) is 31.2. The van der Waals surface area contributed by atoms with E-state index in [1.165, 1.54) is 121 Å². The van der Waals surface area contributed by atoms with Gasteiger partial charge in [-0.05, 0) is 217 Å². The van der Waals surface area contributed by atoms with E-state index >= 15 is 0 Å². The Balaban J connectivity index is 0.000000109. The van der Waals surface area contributed by atoms with Gasteiger partial charge in [0.15, 0.2) is 0 Å². The van der Waals surface area contributed by atoms with E-state index in [-0.39, 0.29) is 59.3 Å². The van der Waals surface area contributed by atoms with Gasteiger partial charge >= 0.3 is 21.1 Å². The topological polar surface area (TPSA) is 146 Å². The molecule has 0 spiro atoms. The van der Waals surface area contributed by atoms with Crippen molar-refractivity contribution in [2.75, 3.05) is 0 Å². The standard InChI is InChI=1S/C41H34N4O.C41H32N4O.C24H24N2O.C17H11BrN2.Pt/c2*1-40(2,3)25-21-31-30-12-10-20-43-39(30)45-36-24-27(16-18-32(36)41(4,5)33(22-25)38(31)45)46-26-15-17-29-28-11-6-7-13-34(28)44(35(29)23-26)37-14-8-9-19-42-37;1-23(2,3)14-11-17-16-7-6-10-25-22(16)26-20-13-15(27)8-9-18(20)24(4,5)19(12-14)21(17)26;18-12-7-8-15-14-5-1-2-6-16(14)20(17(15)10-12)13-4-3-9-19-11-13;/h6-24H,1-5H3;6-22H,1-5H3;6-13,27H,1-5H3;1-11H;/q;-2;;;+2. The van der Waals surface area contributed by atoms with Gasteiger partial charge < -0.3 is 28.3 Å². The van der Waals surface area contributed by atoms with Crippen LogP contribution in [0.25, 0.3) is 166 Å². The van der Waals surface area contributed by atoms with Crippen LogP contribution in [0.15, 0.2) is 339 Å². The minimum Gasteiger partial charge on any atom is -0.509 e. The molecule has 24 aromatic rings. The Bertz CT molecular complexity index is 8860. The van der Waals surface area contributed by atoms with Crippen LogP contribution in [0.4, 0.5) is 0 Å². The van der Waals surface area contributed by atoms with E-state index in [1.807, 2.05) is 116 Å². The second-order valence-electron chi connectivity index (χ2n) is 41.8. The van der Waals surface area contributed by atoms with Crippen molar-refractivity contribution in [2.24, 2.45) is 0 Å². The van der Waals surface area contributed by atoms with Crippen molar-refractivity contribution in [2.45, 2.75) is 136 Å². The zero-order valence-corrected chi connectivity index (χ0v) is 84.4. The average molecular weight is 2070 g/mol. The molecule has 17 heteroatoms. The van der Waals surface area contributed by atoms with Crippen molar-refractivity contribution in [3.05, 3.63) is 401 Å². The number of ether oxygens (including phenoxy) is 2. The molecule has 12 aromatic heterocycles. The summed E-state index contributed by atoms with van der Waals surface area (Å²) in [6, 6.07) is 109. The van der Waals surface area contributed by atoms with E-state index in [1.54, 1.807) is 12.3 Å². The van der Waals surface area contributed by atoms with Gasteiger partial charge in [0.25, 0.3) is 0 Å². The second kappa shape index (κ2) is 32.8. The summed E-state index contributed by atoms with van der Waals surface area (Å²) in [5.74, 6) is 4.82. The van der Waals surface area contributed by atoms with Gasteiger partial charge in [-0.3, -0.25) is 18.7 Å². The first-order chi connectivity index (χ1) is 66.9. The Hall–Kier alpha value is -15.1. The van der Waals surface area contributed by atoms with E-state index in [4.69, 9.17) is 24.4 Å². The van der Waals surface area contributed by atoms with Crippen LogP contribution in [0, 0.1) is 12.1 Å². The molecule has 3 aliphatic rings. The van der Waals surface area contributed by atoms with Crippen LogP contribution in [-0.2, 0) is 53.6 Å². The number of hydrogen-bond acceptors (Lipinski definition) is 9. The van der Waals surface area contributed by atoms with Gasteiger partial charge in [0, 0.05) is 142 Å². The maximum atomic E-state index is 10.2. The molecule has 0 amide bonds. The number of rotatable bonds is 7. The number of fused-ring (bicyclic) bond motifs is 24. The Morgan fingerprint density at radius 2 is 0.714 bits per heavy atom. The summed E-state index contributed by atoms with van der Waals surface area (Å²) in [5.41, 5.74) is 28.4. The summed E-state index contributed by atoms with van der Waals surface area (Å²) in [6.07, 6.45) is 13.0. The van der Waals surface area contributed by atoms with Crippen LogP contribution in [0.1, 0.15) is 154 Å². The molecule has 0 radical (unpaired) electrons. The first kappa shape index (κ1) is 88.9. The molecule has 0 atom stereocenters. The predicted molar refractivity (Wildman–Crippen MR) is 571 cm³/mol. The summed E-state index contributed by atoms with van der Waals surface area (Å²) < 4.78 is 27.8.